The van der Waals surface area contributed by atoms with E-state index in [1.807, 2.05) is 6.20 Å². The Balaban J connectivity index is 1.25. The second-order valence-corrected chi connectivity index (χ2v) is 9.92. The molecule has 174 valence electrons. The fraction of sp³-hybridized carbons (Fsp3) is 0.560. The second kappa shape index (κ2) is 8.81. The number of rotatable bonds is 7. The van der Waals surface area contributed by atoms with Crippen LogP contribution in [0.4, 0.5) is 23.1 Å². The van der Waals surface area contributed by atoms with Crippen LogP contribution in [0, 0.1) is 18.3 Å². The molecule has 0 unspecified atom stereocenters. The molecule has 5 rings (SSSR count). The van der Waals surface area contributed by atoms with E-state index in [1.165, 1.54) is 18.5 Å². The molecule has 3 heterocycles. The van der Waals surface area contributed by atoms with Gasteiger partial charge in [0.15, 0.2) is 0 Å². The van der Waals surface area contributed by atoms with E-state index in [0.29, 0.717) is 18.4 Å². The zero-order valence-corrected chi connectivity index (χ0v) is 20.0. The summed E-state index contributed by atoms with van der Waals surface area (Å²) in [6.45, 7) is 8.05. The Morgan fingerprint density at radius 2 is 1.82 bits per heavy atom. The molecule has 1 saturated carbocycles. The van der Waals surface area contributed by atoms with Crippen LogP contribution in [-0.4, -0.2) is 84.7 Å². The molecule has 2 aliphatic heterocycles. The lowest BCUT2D eigenvalue weighted by molar-refractivity contribution is 0.0806. The molecule has 0 spiro atoms. The van der Waals surface area contributed by atoms with Gasteiger partial charge in [0.1, 0.15) is 5.82 Å². The fourth-order valence-corrected chi connectivity index (χ4v) is 5.03. The lowest BCUT2D eigenvalue weighted by Crippen LogP contribution is -2.70. The highest BCUT2D eigenvalue weighted by atomic mass is 15.4. The predicted octanol–water partition coefficient (Wildman–Crippen LogP) is 2.85. The lowest BCUT2D eigenvalue weighted by Gasteiger charge is -2.55. The molecule has 3 aliphatic rings. The first-order valence-corrected chi connectivity index (χ1v) is 12.0. The Labute approximate surface area is 196 Å². The smallest absolute Gasteiger partial charge is 0.229 e. The van der Waals surface area contributed by atoms with Gasteiger partial charge >= 0.3 is 0 Å². The quantitative estimate of drug-likeness (QED) is 0.696. The van der Waals surface area contributed by atoms with Crippen LogP contribution in [0.3, 0.4) is 0 Å². The molecule has 0 bridgehead atoms. The molecule has 8 nitrogen and oxygen atoms in total. The summed E-state index contributed by atoms with van der Waals surface area (Å²) in [7, 11) is 4.35. The van der Waals surface area contributed by atoms with Gasteiger partial charge in [0, 0.05) is 68.4 Å². The highest BCUT2D eigenvalue weighted by molar-refractivity contribution is 5.61. The molecular formula is C25H34N8. The number of aromatic nitrogens is 2. The first kappa shape index (κ1) is 21.9. The largest absolute Gasteiger partial charge is 0.369 e. The maximum atomic E-state index is 9.42. The fourth-order valence-electron chi connectivity index (χ4n) is 5.03. The van der Waals surface area contributed by atoms with Crippen LogP contribution < -0.4 is 15.1 Å². The van der Waals surface area contributed by atoms with Crippen molar-refractivity contribution in [2.45, 2.75) is 37.8 Å². The molecule has 33 heavy (non-hydrogen) atoms. The van der Waals surface area contributed by atoms with E-state index in [2.05, 4.69) is 81.3 Å². The van der Waals surface area contributed by atoms with Gasteiger partial charge < -0.3 is 20.0 Å². The topological polar surface area (TPSA) is 74.6 Å². The maximum Gasteiger partial charge on any atom is 0.229 e. The third kappa shape index (κ3) is 4.48. The van der Waals surface area contributed by atoms with Crippen molar-refractivity contribution in [3.63, 3.8) is 0 Å². The van der Waals surface area contributed by atoms with Crippen molar-refractivity contribution >= 4 is 23.1 Å². The lowest BCUT2D eigenvalue weighted by atomic mass is 9.84. The number of hydrogen-bond acceptors (Lipinski definition) is 8. The van der Waals surface area contributed by atoms with E-state index in [9.17, 15) is 5.26 Å². The van der Waals surface area contributed by atoms with Crippen molar-refractivity contribution in [2.75, 3.05) is 68.5 Å². The van der Waals surface area contributed by atoms with Gasteiger partial charge in [0.25, 0.3) is 0 Å². The Kier molecular flexibility index (Phi) is 5.85. The Morgan fingerprint density at radius 3 is 2.45 bits per heavy atom. The van der Waals surface area contributed by atoms with Crippen molar-refractivity contribution in [1.29, 1.82) is 5.26 Å². The first-order chi connectivity index (χ1) is 16.0. The van der Waals surface area contributed by atoms with E-state index in [-0.39, 0.29) is 5.54 Å². The van der Waals surface area contributed by atoms with Crippen LogP contribution in [0.2, 0.25) is 0 Å². The third-order valence-electron chi connectivity index (χ3n) is 7.46. The zero-order chi connectivity index (χ0) is 23.0. The predicted molar refractivity (Wildman–Crippen MR) is 132 cm³/mol. The summed E-state index contributed by atoms with van der Waals surface area (Å²) in [5.74, 6) is 1.57. The van der Waals surface area contributed by atoms with Crippen molar-refractivity contribution in [3.05, 3.63) is 36.0 Å². The molecule has 0 amide bonds. The molecule has 2 saturated heterocycles. The highest BCUT2D eigenvalue weighted by Crippen LogP contribution is 2.40. The van der Waals surface area contributed by atoms with Crippen molar-refractivity contribution < 1.29 is 0 Å². The molecular weight excluding hydrogens is 412 g/mol. The van der Waals surface area contributed by atoms with Gasteiger partial charge in [-0.25, -0.2) is 4.98 Å². The van der Waals surface area contributed by atoms with Gasteiger partial charge in [-0.05, 0) is 58.1 Å². The number of hydrogen-bond donors (Lipinski definition) is 1. The van der Waals surface area contributed by atoms with Gasteiger partial charge in [0.2, 0.25) is 5.95 Å². The van der Waals surface area contributed by atoms with Crippen LogP contribution in [0.15, 0.2) is 30.5 Å². The van der Waals surface area contributed by atoms with Crippen LogP contribution in [0.25, 0.3) is 0 Å². The van der Waals surface area contributed by atoms with Crippen LogP contribution in [0.5, 0.6) is 0 Å². The maximum absolute atomic E-state index is 9.42. The SMILES string of the molecule is Cc1cnc(Nc2ccc(N3CCN(C)CC3)cc2)nc1N1CC(CC#N)(N(C)C2CC2)C1. The van der Waals surface area contributed by atoms with Gasteiger partial charge in [-0.3, -0.25) is 4.90 Å². The Morgan fingerprint density at radius 1 is 1.12 bits per heavy atom. The number of piperazine rings is 1. The van der Waals surface area contributed by atoms with E-state index >= 15 is 0 Å². The zero-order valence-electron chi connectivity index (χ0n) is 20.0. The van der Waals surface area contributed by atoms with Gasteiger partial charge in [-0.15, -0.1) is 0 Å². The molecule has 0 radical (unpaired) electrons. The summed E-state index contributed by atoms with van der Waals surface area (Å²) in [6, 6.07) is 11.6. The number of anilines is 4. The van der Waals surface area contributed by atoms with E-state index in [0.717, 1.165) is 56.3 Å². The summed E-state index contributed by atoms with van der Waals surface area (Å²) in [5.41, 5.74) is 3.25. The molecule has 3 fully saturated rings. The summed E-state index contributed by atoms with van der Waals surface area (Å²) in [4.78, 5) is 18.9. The van der Waals surface area contributed by atoms with Gasteiger partial charge in [-0.1, -0.05) is 0 Å². The van der Waals surface area contributed by atoms with E-state index in [4.69, 9.17) is 4.98 Å². The number of nitrogens with zero attached hydrogens (tertiary/aromatic N) is 7. The molecule has 1 aliphatic carbocycles. The van der Waals surface area contributed by atoms with Crippen molar-refractivity contribution in [1.82, 2.24) is 19.8 Å². The van der Waals surface area contributed by atoms with Crippen LogP contribution in [-0.2, 0) is 0 Å². The van der Waals surface area contributed by atoms with Crippen LogP contribution >= 0.6 is 0 Å². The number of benzene rings is 1. The minimum absolute atomic E-state index is 0.0556. The number of nitrogens with one attached hydrogen (secondary N) is 1. The number of likely N-dealkylation sites (N-methyl/N-ethyl adjacent to an activating group) is 2. The average Bonchev–Trinajstić information content (AvgIpc) is 3.64. The first-order valence-electron chi connectivity index (χ1n) is 12.0. The average molecular weight is 447 g/mol. The monoisotopic (exact) mass is 446 g/mol. The third-order valence-corrected chi connectivity index (χ3v) is 7.46. The standard InChI is InChI=1S/C25H34N8/c1-19-16-27-24(28-20-4-6-22(7-5-20)32-14-12-30(2)13-15-32)29-23(19)33-17-25(18-33,10-11-26)31(3)21-8-9-21/h4-7,16,21H,8-10,12-15,17-18H2,1-3H3,(H,27,28,29). The summed E-state index contributed by atoms with van der Waals surface area (Å²) in [6.07, 6.45) is 4.94. The minimum atomic E-state index is -0.0556. The van der Waals surface area contributed by atoms with E-state index in [1.54, 1.807) is 0 Å². The van der Waals surface area contributed by atoms with E-state index < -0.39 is 0 Å². The normalized spacial score (nSPS) is 20.5. The molecule has 1 aromatic heterocycles. The van der Waals surface area contributed by atoms with Crippen LogP contribution in [0.1, 0.15) is 24.8 Å². The molecule has 1 aromatic carbocycles. The summed E-state index contributed by atoms with van der Waals surface area (Å²) in [5, 5.41) is 12.8. The molecule has 1 N–H and O–H groups in total. The van der Waals surface area contributed by atoms with Crippen molar-refractivity contribution in [2.24, 2.45) is 0 Å². The highest BCUT2D eigenvalue weighted by Gasteiger charge is 2.50. The number of aryl methyl sites for hydroxylation is 1. The molecule has 2 aromatic rings. The minimum Gasteiger partial charge on any atom is -0.369 e. The van der Waals surface area contributed by atoms with Crippen molar-refractivity contribution in [3.8, 4) is 6.07 Å². The Hall–Kier alpha value is -2.89. The molecule has 0 atom stereocenters. The summed E-state index contributed by atoms with van der Waals surface area (Å²) < 4.78 is 0. The number of nitriles is 1. The molecule has 8 heteroatoms. The Bertz CT molecular complexity index is 1010. The van der Waals surface area contributed by atoms with Gasteiger partial charge in [0.05, 0.1) is 18.0 Å². The second-order valence-electron chi connectivity index (χ2n) is 9.92. The summed E-state index contributed by atoms with van der Waals surface area (Å²) >= 11 is 0. The van der Waals surface area contributed by atoms with Gasteiger partial charge in [-0.2, -0.15) is 10.2 Å².